The lowest BCUT2D eigenvalue weighted by molar-refractivity contribution is -0.108. The topological polar surface area (TPSA) is 76.2 Å². The van der Waals surface area contributed by atoms with E-state index < -0.39 is 0 Å². The number of carbonyl (C=O) groups excluding carboxylic acids is 1. The van der Waals surface area contributed by atoms with Gasteiger partial charge >= 0.3 is 0 Å². The number of fused-ring (bicyclic) bond motifs is 1. The van der Waals surface area contributed by atoms with Crippen molar-refractivity contribution >= 4 is 28.7 Å². The van der Waals surface area contributed by atoms with E-state index in [0.717, 1.165) is 57.0 Å². The summed E-state index contributed by atoms with van der Waals surface area (Å²) in [6.07, 6.45) is 2.71. The highest BCUT2D eigenvalue weighted by Gasteiger charge is 2.11. The molecule has 0 aliphatic carbocycles. The molecule has 4 rings (SSSR count). The van der Waals surface area contributed by atoms with Crippen LogP contribution in [0.4, 0.5) is 11.5 Å². The number of nitrogens with one attached hydrogen (secondary N) is 2. The van der Waals surface area contributed by atoms with E-state index in [0.29, 0.717) is 0 Å². The first kappa shape index (κ1) is 19.5. The summed E-state index contributed by atoms with van der Waals surface area (Å²) in [5.41, 5.74) is 4.75. The van der Waals surface area contributed by atoms with E-state index in [9.17, 15) is 4.79 Å². The van der Waals surface area contributed by atoms with Gasteiger partial charge in [-0.25, -0.2) is 4.98 Å². The monoisotopic (exact) mass is 401 g/mol. The Morgan fingerprint density at radius 1 is 1.00 bits per heavy atom. The quantitative estimate of drug-likeness (QED) is 0.411. The first-order valence-corrected chi connectivity index (χ1v) is 9.64. The second-order valence-electron chi connectivity index (χ2n) is 7.08. The zero-order valence-corrected chi connectivity index (χ0v) is 17.1. The molecular formula is C24H23N3O3. The van der Waals surface area contributed by atoms with Crippen molar-refractivity contribution in [2.24, 2.45) is 0 Å². The summed E-state index contributed by atoms with van der Waals surface area (Å²) in [4.78, 5) is 18.9. The molecule has 30 heavy (non-hydrogen) atoms. The Morgan fingerprint density at radius 3 is 2.33 bits per heavy atom. The van der Waals surface area contributed by atoms with Gasteiger partial charge in [0.05, 0.1) is 19.7 Å². The van der Waals surface area contributed by atoms with Gasteiger partial charge in [0.25, 0.3) is 0 Å². The first-order valence-electron chi connectivity index (χ1n) is 9.64. The maximum atomic E-state index is 11.0. The molecule has 0 spiro atoms. The van der Waals surface area contributed by atoms with Gasteiger partial charge < -0.3 is 24.6 Å². The zero-order valence-electron chi connectivity index (χ0n) is 17.1. The molecule has 0 aliphatic heterocycles. The highest BCUT2D eigenvalue weighted by molar-refractivity contribution is 5.95. The Bertz CT molecular complexity index is 1160. The van der Waals surface area contributed by atoms with Crippen LogP contribution in [0.15, 0.2) is 60.8 Å². The number of hydrogen-bond acceptors (Lipinski definition) is 5. The van der Waals surface area contributed by atoms with Crippen LogP contribution < -0.4 is 14.8 Å². The van der Waals surface area contributed by atoms with Crippen molar-refractivity contribution in [3.8, 4) is 22.8 Å². The first-order chi connectivity index (χ1) is 14.6. The molecule has 0 saturated heterocycles. The highest BCUT2D eigenvalue weighted by atomic mass is 16.5. The van der Waals surface area contributed by atoms with Gasteiger partial charge in [0.2, 0.25) is 0 Å². The molecule has 2 aromatic heterocycles. The summed E-state index contributed by atoms with van der Waals surface area (Å²) in [6, 6.07) is 17.6. The Kier molecular flexibility index (Phi) is 5.39. The lowest BCUT2D eigenvalue weighted by Crippen LogP contribution is -1.96. The molecule has 1 atom stereocenters. The molecule has 0 amide bonds. The third kappa shape index (κ3) is 3.85. The van der Waals surface area contributed by atoms with E-state index in [4.69, 9.17) is 9.47 Å². The number of pyridine rings is 1. The molecule has 152 valence electrons. The molecular weight excluding hydrogens is 378 g/mol. The molecule has 0 bridgehead atoms. The normalized spacial score (nSPS) is 11.8. The number of methoxy groups -OCH3 is 2. The van der Waals surface area contributed by atoms with Crippen molar-refractivity contribution < 1.29 is 14.3 Å². The number of carbonyl (C=O) groups is 1. The number of H-pyrrole nitrogens is 1. The Labute approximate surface area is 174 Å². The lowest BCUT2D eigenvalue weighted by atomic mass is 10.0. The van der Waals surface area contributed by atoms with Gasteiger partial charge in [0.15, 0.2) is 0 Å². The average Bonchev–Trinajstić information content (AvgIpc) is 3.24. The molecule has 2 aromatic carbocycles. The van der Waals surface area contributed by atoms with Crippen molar-refractivity contribution in [1.82, 2.24) is 9.97 Å². The van der Waals surface area contributed by atoms with Gasteiger partial charge in [-0.15, -0.1) is 0 Å². The molecule has 0 fully saturated rings. The molecule has 2 N–H and O–H groups in total. The van der Waals surface area contributed by atoms with Crippen LogP contribution in [0.2, 0.25) is 0 Å². The summed E-state index contributed by atoms with van der Waals surface area (Å²) in [6.45, 7) is 1.88. The Hall–Kier alpha value is -3.80. The van der Waals surface area contributed by atoms with E-state index in [-0.39, 0.29) is 5.92 Å². The van der Waals surface area contributed by atoms with E-state index >= 15 is 0 Å². The summed E-state index contributed by atoms with van der Waals surface area (Å²) in [5, 5.41) is 4.34. The number of hydrogen-bond donors (Lipinski definition) is 2. The number of aldehydes is 1. The van der Waals surface area contributed by atoms with Crippen molar-refractivity contribution in [2.75, 3.05) is 19.5 Å². The van der Waals surface area contributed by atoms with E-state index in [1.165, 1.54) is 0 Å². The Balaban J connectivity index is 1.68. The fraction of sp³-hybridized carbons (Fsp3) is 0.167. The van der Waals surface area contributed by atoms with E-state index in [1.807, 2.05) is 55.5 Å². The van der Waals surface area contributed by atoms with Crippen molar-refractivity contribution in [2.45, 2.75) is 12.8 Å². The number of ether oxygens (including phenoxy) is 2. The van der Waals surface area contributed by atoms with Crippen LogP contribution in [-0.4, -0.2) is 30.5 Å². The maximum Gasteiger partial charge on any atom is 0.139 e. The maximum absolute atomic E-state index is 11.0. The van der Waals surface area contributed by atoms with Crippen molar-refractivity contribution in [3.63, 3.8) is 0 Å². The fourth-order valence-electron chi connectivity index (χ4n) is 3.36. The molecule has 4 aromatic rings. The van der Waals surface area contributed by atoms with Gasteiger partial charge in [0, 0.05) is 40.5 Å². The molecule has 1 unspecified atom stereocenters. The number of aromatic amines is 1. The number of rotatable bonds is 7. The average molecular weight is 401 g/mol. The van der Waals surface area contributed by atoms with Gasteiger partial charge in [-0.2, -0.15) is 0 Å². The third-order valence-electron chi connectivity index (χ3n) is 5.11. The number of anilines is 2. The van der Waals surface area contributed by atoms with E-state index in [1.54, 1.807) is 20.4 Å². The van der Waals surface area contributed by atoms with Crippen molar-refractivity contribution in [3.05, 3.63) is 66.4 Å². The van der Waals surface area contributed by atoms with Gasteiger partial charge in [-0.1, -0.05) is 19.1 Å². The van der Waals surface area contributed by atoms with E-state index in [2.05, 4.69) is 21.4 Å². The van der Waals surface area contributed by atoms with Crippen LogP contribution in [0.25, 0.3) is 22.2 Å². The number of benzene rings is 2. The minimum atomic E-state index is -0.118. The van der Waals surface area contributed by atoms with Gasteiger partial charge in [-0.05, 0) is 42.0 Å². The molecule has 2 heterocycles. The molecule has 6 heteroatoms. The van der Waals surface area contributed by atoms with Crippen LogP contribution in [0, 0.1) is 0 Å². The fourth-order valence-corrected chi connectivity index (χ4v) is 3.36. The van der Waals surface area contributed by atoms with Gasteiger partial charge in [0.1, 0.15) is 23.6 Å². The van der Waals surface area contributed by atoms with Gasteiger partial charge in [-0.3, -0.25) is 0 Å². The van der Waals surface area contributed by atoms with Crippen LogP contribution in [-0.2, 0) is 4.79 Å². The predicted molar refractivity (Wildman–Crippen MR) is 119 cm³/mol. The third-order valence-corrected chi connectivity index (χ3v) is 5.11. The predicted octanol–water partition coefficient (Wildman–Crippen LogP) is 5.29. The second kappa shape index (κ2) is 8.29. The number of nitrogens with zero attached hydrogens (tertiary/aromatic N) is 1. The minimum Gasteiger partial charge on any atom is -0.497 e. The standard InChI is InChI=1S/C24H23N3O3/c1-15(14-28)16-4-6-18(7-5-16)26-24-21-13-23(27-22(21)8-9-25-24)17-10-19(29-2)12-20(11-17)30-3/h4-15,27H,1-3H3,(H,25,26). The molecule has 0 saturated carbocycles. The summed E-state index contributed by atoms with van der Waals surface area (Å²) < 4.78 is 10.8. The van der Waals surface area contributed by atoms with Crippen molar-refractivity contribution in [1.29, 1.82) is 0 Å². The second-order valence-corrected chi connectivity index (χ2v) is 7.08. The van der Waals surface area contributed by atoms with Crippen LogP contribution in [0.5, 0.6) is 11.5 Å². The molecule has 0 aliphatic rings. The van der Waals surface area contributed by atoms with Crippen LogP contribution in [0.3, 0.4) is 0 Å². The summed E-state index contributed by atoms with van der Waals surface area (Å²) >= 11 is 0. The highest BCUT2D eigenvalue weighted by Crippen LogP contribution is 2.33. The smallest absolute Gasteiger partial charge is 0.139 e. The summed E-state index contributed by atoms with van der Waals surface area (Å²) in [5.74, 6) is 2.09. The SMILES string of the molecule is COc1cc(OC)cc(-c2cc3c(Nc4ccc(C(C)C=O)cc4)nccc3[nH]2)c1. The van der Waals surface area contributed by atoms with Crippen LogP contribution in [0.1, 0.15) is 18.4 Å². The lowest BCUT2D eigenvalue weighted by Gasteiger charge is -2.09. The number of aromatic nitrogens is 2. The largest absolute Gasteiger partial charge is 0.497 e. The van der Waals surface area contributed by atoms with Crippen LogP contribution >= 0.6 is 0 Å². The zero-order chi connectivity index (χ0) is 21.1. The minimum absolute atomic E-state index is 0.118. The summed E-state index contributed by atoms with van der Waals surface area (Å²) in [7, 11) is 3.27. The molecule has 0 radical (unpaired) electrons. The Morgan fingerprint density at radius 2 is 1.70 bits per heavy atom. The molecule has 6 nitrogen and oxygen atoms in total.